The highest BCUT2D eigenvalue weighted by molar-refractivity contribution is 5.90. The lowest BCUT2D eigenvalue weighted by Gasteiger charge is -2.07. The van der Waals surface area contributed by atoms with Gasteiger partial charge in [-0.2, -0.15) is 5.10 Å². The molecule has 0 N–H and O–H groups in total. The molecule has 2 aromatic carbocycles. The van der Waals surface area contributed by atoms with Gasteiger partial charge in [0.15, 0.2) is 17.1 Å². The molecule has 3 aromatic heterocycles. The Balaban J connectivity index is 1.71. The fourth-order valence-corrected chi connectivity index (χ4v) is 3.48. The van der Waals surface area contributed by atoms with E-state index in [0.717, 1.165) is 33.6 Å². The molecule has 3 heterocycles. The normalized spacial score (nSPS) is 11.4. The molecule has 7 heteroatoms. The minimum atomic E-state index is 0.589. The van der Waals surface area contributed by atoms with Gasteiger partial charge in [0.25, 0.3) is 0 Å². The monoisotopic (exact) mass is 370 g/mol. The smallest absolute Gasteiger partial charge is 0.185 e. The zero-order valence-electron chi connectivity index (χ0n) is 15.8. The topological polar surface area (TPSA) is 70.1 Å². The highest BCUT2D eigenvalue weighted by Crippen LogP contribution is 2.29. The van der Waals surface area contributed by atoms with Crippen LogP contribution in [-0.2, 0) is 0 Å². The third-order valence-corrected chi connectivity index (χ3v) is 4.83. The maximum absolute atomic E-state index is 5.45. The van der Waals surface area contributed by atoms with Crippen molar-refractivity contribution < 1.29 is 4.74 Å². The summed E-state index contributed by atoms with van der Waals surface area (Å²) in [6.45, 7) is 4.15. The van der Waals surface area contributed by atoms with Crippen LogP contribution in [0, 0.1) is 13.8 Å². The van der Waals surface area contributed by atoms with E-state index in [2.05, 4.69) is 47.2 Å². The van der Waals surface area contributed by atoms with Crippen molar-refractivity contribution in [2.24, 2.45) is 0 Å². The molecule has 0 fully saturated rings. The number of para-hydroxylation sites is 1. The predicted molar refractivity (Wildman–Crippen MR) is 107 cm³/mol. The molecule has 28 heavy (non-hydrogen) atoms. The van der Waals surface area contributed by atoms with E-state index in [0.29, 0.717) is 11.5 Å². The summed E-state index contributed by atoms with van der Waals surface area (Å²) in [7, 11) is 1.64. The molecule has 5 rings (SSSR count). The van der Waals surface area contributed by atoms with Crippen LogP contribution < -0.4 is 4.74 Å². The number of methoxy groups -OCH3 is 1. The van der Waals surface area contributed by atoms with Crippen LogP contribution in [0.4, 0.5) is 0 Å². The van der Waals surface area contributed by atoms with E-state index in [-0.39, 0.29) is 0 Å². The van der Waals surface area contributed by atoms with Crippen LogP contribution in [0.5, 0.6) is 5.75 Å². The average molecular weight is 370 g/mol. The summed E-state index contributed by atoms with van der Waals surface area (Å²) in [5.74, 6) is 1.32. The fraction of sp³-hybridized carbons (Fsp3) is 0.143. The van der Waals surface area contributed by atoms with Gasteiger partial charge in [-0.25, -0.2) is 19.2 Å². The molecule has 0 aliphatic heterocycles. The Morgan fingerprint density at radius 2 is 1.86 bits per heavy atom. The zero-order valence-corrected chi connectivity index (χ0v) is 15.8. The van der Waals surface area contributed by atoms with Gasteiger partial charge in [0, 0.05) is 0 Å². The molecule has 0 amide bonds. The van der Waals surface area contributed by atoms with Crippen LogP contribution in [0.1, 0.15) is 11.1 Å². The Hall–Kier alpha value is -3.74. The summed E-state index contributed by atoms with van der Waals surface area (Å²) in [5, 5.41) is 9.99. The first kappa shape index (κ1) is 16.4. The van der Waals surface area contributed by atoms with Gasteiger partial charge in [-0.3, -0.25) is 0 Å². The van der Waals surface area contributed by atoms with E-state index in [1.54, 1.807) is 24.1 Å². The van der Waals surface area contributed by atoms with E-state index in [1.165, 1.54) is 5.56 Å². The number of hydrogen-bond donors (Lipinski definition) is 0. The lowest BCUT2D eigenvalue weighted by molar-refractivity contribution is 0.416. The van der Waals surface area contributed by atoms with Crippen LogP contribution in [-0.4, -0.2) is 36.5 Å². The first-order valence-corrected chi connectivity index (χ1v) is 8.96. The number of ether oxygens (including phenoxy) is 1. The molecular weight excluding hydrogens is 352 g/mol. The van der Waals surface area contributed by atoms with Crippen molar-refractivity contribution in [1.82, 2.24) is 29.4 Å². The second-order valence-electron chi connectivity index (χ2n) is 6.73. The highest BCUT2D eigenvalue weighted by Gasteiger charge is 2.16. The Bertz CT molecular complexity index is 1330. The molecule has 0 saturated heterocycles. The van der Waals surface area contributed by atoms with Gasteiger partial charge in [0.1, 0.15) is 12.1 Å². The van der Waals surface area contributed by atoms with Crippen LogP contribution in [0.25, 0.3) is 33.8 Å². The number of aromatic nitrogens is 6. The second-order valence-corrected chi connectivity index (χ2v) is 6.73. The van der Waals surface area contributed by atoms with E-state index < -0.39 is 0 Å². The molecule has 5 aromatic rings. The Morgan fingerprint density at radius 3 is 2.68 bits per heavy atom. The lowest BCUT2D eigenvalue weighted by atomic mass is 10.1. The molecule has 0 aliphatic carbocycles. The molecule has 138 valence electrons. The van der Waals surface area contributed by atoms with Crippen molar-refractivity contribution >= 4 is 16.7 Å². The summed E-state index contributed by atoms with van der Waals surface area (Å²) < 4.78 is 8.97. The molecule has 7 nitrogen and oxygen atoms in total. The van der Waals surface area contributed by atoms with Crippen molar-refractivity contribution in [3.8, 4) is 22.8 Å². The Kier molecular flexibility index (Phi) is 3.61. The van der Waals surface area contributed by atoms with Crippen LogP contribution in [0.3, 0.4) is 0 Å². The van der Waals surface area contributed by atoms with Gasteiger partial charge < -0.3 is 4.74 Å². The fourth-order valence-electron chi connectivity index (χ4n) is 3.48. The number of fused-ring (bicyclic) bond motifs is 3. The second kappa shape index (κ2) is 6.16. The molecular formula is C21H18N6O. The van der Waals surface area contributed by atoms with Crippen LogP contribution in [0.2, 0.25) is 0 Å². The zero-order chi connectivity index (χ0) is 19.3. The molecule has 0 radical (unpaired) electrons. The van der Waals surface area contributed by atoms with Crippen molar-refractivity contribution in [1.29, 1.82) is 0 Å². The summed E-state index contributed by atoms with van der Waals surface area (Å²) >= 11 is 0. The Labute approximate surface area is 161 Å². The molecule has 0 atom stereocenters. The van der Waals surface area contributed by atoms with Crippen molar-refractivity contribution in [2.75, 3.05) is 7.11 Å². The van der Waals surface area contributed by atoms with E-state index in [1.807, 2.05) is 28.9 Å². The third kappa shape index (κ3) is 2.44. The largest absolute Gasteiger partial charge is 0.496 e. The Morgan fingerprint density at radius 1 is 1.00 bits per heavy atom. The highest BCUT2D eigenvalue weighted by atomic mass is 16.5. The summed E-state index contributed by atoms with van der Waals surface area (Å²) in [6, 6.07) is 14.0. The van der Waals surface area contributed by atoms with Gasteiger partial charge >= 0.3 is 0 Å². The quantitative estimate of drug-likeness (QED) is 0.484. The van der Waals surface area contributed by atoms with Crippen LogP contribution >= 0.6 is 0 Å². The SMILES string of the molecule is COc1ccccc1-c1nc2c3cnn(-c4ccc(C)cc4C)c3ncn2n1. The van der Waals surface area contributed by atoms with E-state index in [9.17, 15) is 0 Å². The molecule has 0 bridgehead atoms. The molecule has 0 aliphatic rings. The number of aryl methyl sites for hydroxylation is 2. The van der Waals surface area contributed by atoms with E-state index in [4.69, 9.17) is 9.72 Å². The number of rotatable bonds is 3. The summed E-state index contributed by atoms with van der Waals surface area (Å²) in [5.41, 5.74) is 5.65. The van der Waals surface area contributed by atoms with Gasteiger partial charge in [-0.15, -0.1) is 5.10 Å². The maximum atomic E-state index is 5.45. The lowest BCUT2D eigenvalue weighted by Crippen LogP contribution is -2.01. The van der Waals surface area contributed by atoms with E-state index >= 15 is 0 Å². The third-order valence-electron chi connectivity index (χ3n) is 4.83. The van der Waals surface area contributed by atoms with Gasteiger partial charge in [0.2, 0.25) is 0 Å². The predicted octanol–water partition coefficient (Wildman–Crippen LogP) is 3.76. The standard InChI is InChI=1S/C21H18N6O/c1-13-8-9-17(14(2)10-13)27-20-16(11-23-27)21-24-19(25-26(21)12-22-20)15-6-4-5-7-18(15)28-3/h4-12H,1-3H3. The first-order chi connectivity index (χ1) is 13.7. The van der Waals surface area contributed by atoms with Crippen LogP contribution in [0.15, 0.2) is 55.0 Å². The molecule has 0 spiro atoms. The number of benzene rings is 2. The average Bonchev–Trinajstić information content (AvgIpc) is 3.31. The van der Waals surface area contributed by atoms with Gasteiger partial charge in [0.05, 0.1) is 29.9 Å². The first-order valence-electron chi connectivity index (χ1n) is 8.96. The van der Waals surface area contributed by atoms with Crippen molar-refractivity contribution in [3.05, 3.63) is 66.1 Å². The number of hydrogen-bond acceptors (Lipinski definition) is 5. The number of nitrogens with zero attached hydrogens (tertiary/aromatic N) is 6. The molecule has 0 unspecified atom stereocenters. The summed E-state index contributed by atoms with van der Waals surface area (Å²) in [6.07, 6.45) is 3.46. The molecule has 0 saturated carbocycles. The summed E-state index contributed by atoms with van der Waals surface area (Å²) in [4.78, 5) is 9.33. The van der Waals surface area contributed by atoms with Crippen molar-refractivity contribution in [3.63, 3.8) is 0 Å². The maximum Gasteiger partial charge on any atom is 0.185 e. The van der Waals surface area contributed by atoms with Crippen molar-refractivity contribution in [2.45, 2.75) is 13.8 Å². The van der Waals surface area contributed by atoms with Gasteiger partial charge in [-0.05, 0) is 37.6 Å². The minimum absolute atomic E-state index is 0.589. The van der Waals surface area contributed by atoms with Gasteiger partial charge in [-0.1, -0.05) is 29.8 Å². The minimum Gasteiger partial charge on any atom is -0.496 e.